The van der Waals surface area contributed by atoms with Crippen LogP contribution in [0, 0.1) is 0 Å². The van der Waals surface area contributed by atoms with Crippen LogP contribution in [0.4, 0.5) is 4.79 Å². The van der Waals surface area contributed by atoms with Gasteiger partial charge in [-0.15, -0.1) is 0 Å². The maximum Gasteiger partial charge on any atom is 2.00 e. The third-order valence-corrected chi connectivity index (χ3v) is 1.50. The van der Waals surface area contributed by atoms with E-state index < -0.39 is 50.4 Å². The monoisotopic (exact) mass is 838 g/mol. The molecule has 224 valence electrons. The molecule has 2 fully saturated rings. The van der Waals surface area contributed by atoms with Gasteiger partial charge in [0.15, 0.2) is 0 Å². The smallest absolute Gasteiger partial charge is 0.822 e. The minimum Gasteiger partial charge on any atom is -0.822 e. The van der Waals surface area contributed by atoms with Crippen molar-refractivity contribution in [1.82, 2.24) is 0 Å². The summed E-state index contributed by atoms with van der Waals surface area (Å²) in [5, 5.41) is 52.6. The summed E-state index contributed by atoms with van der Waals surface area (Å²) < 4.78 is 38.2. The average molecular weight is 841 g/mol. The molecule has 0 spiro atoms. The Hall–Kier alpha value is 4.13. The second-order valence-electron chi connectivity index (χ2n) is 3.65. The quantitative estimate of drug-likeness (QED) is 0.130. The molecule has 41 heteroatoms. The fourth-order valence-electron chi connectivity index (χ4n) is 1.06. The summed E-state index contributed by atoms with van der Waals surface area (Å²) in [4.78, 5) is 59.6. The molecule has 0 aromatic heterocycles. The summed E-state index contributed by atoms with van der Waals surface area (Å²) in [6, 6.07) is 0. The molecule has 2 saturated heterocycles. The molecule has 20 N–H and O–H groups in total. The van der Waals surface area contributed by atoms with Gasteiger partial charge in [0.05, 0.1) is 0 Å². The van der Waals surface area contributed by atoms with Crippen LogP contribution in [-0.2, 0) is 90.4 Å². The molecule has 0 radical (unpaired) electrons. The molecule has 0 aromatic carbocycles. The molecule has 28 nitrogen and oxygen atoms in total. The van der Waals surface area contributed by atoms with Gasteiger partial charge in [-0.1, -0.05) is 0 Å². The van der Waals surface area contributed by atoms with Crippen LogP contribution in [0.25, 0.3) is 0 Å². The van der Waals surface area contributed by atoms with Crippen LogP contribution in [0.15, 0.2) is 0 Å². The van der Waals surface area contributed by atoms with Gasteiger partial charge < -0.3 is 140 Å². The number of hydrogen-bond donors (Lipinski definition) is 4. The van der Waals surface area contributed by atoms with Crippen molar-refractivity contribution in [3.63, 3.8) is 0 Å². The van der Waals surface area contributed by atoms with Gasteiger partial charge in [0, 0.05) is 0 Å². The first-order valence-electron chi connectivity index (χ1n) is 5.46. The minimum atomic E-state index is -5.39. The molecule has 0 aliphatic carbocycles. The van der Waals surface area contributed by atoms with Gasteiger partial charge in [-0.05, 0) is 6.16 Å². The van der Waals surface area contributed by atoms with Crippen molar-refractivity contribution >= 4 is 50.4 Å². The molecule has 0 saturated carbocycles. The van der Waals surface area contributed by atoms with Crippen LogP contribution in [0.1, 0.15) is 0 Å². The van der Waals surface area contributed by atoms with Crippen molar-refractivity contribution in [1.29, 1.82) is 0 Å². The van der Waals surface area contributed by atoms with E-state index in [1.54, 1.807) is 0 Å². The molecule has 0 unspecified atom stereocenters. The Bertz CT molecular complexity index is 517. The maximum atomic E-state index is 9.18. The van der Waals surface area contributed by atoms with E-state index in [0.29, 0.717) is 0 Å². The molecule has 2 aliphatic rings. The first-order valence-corrected chi connectivity index (χ1v) is 8.38. The zero-order valence-corrected chi connectivity index (χ0v) is 36.8. The van der Waals surface area contributed by atoms with Crippen LogP contribution in [0.5, 0.6) is 0 Å². The van der Waals surface area contributed by atoms with E-state index in [9.17, 15) is 10.0 Å². The second kappa shape index (κ2) is 49.5. The Morgan fingerprint density at radius 1 is 0.571 bits per heavy atom. The van der Waals surface area contributed by atoms with Crippen LogP contribution < -0.4 is 136 Å². The number of carboxylic acid groups (broad SMARTS) is 2. The Balaban J connectivity index is -0.0000000130. The van der Waals surface area contributed by atoms with Crippen molar-refractivity contribution in [3.8, 4) is 0 Å². The van der Waals surface area contributed by atoms with Gasteiger partial charge in [0.2, 0.25) is 0 Å². The first-order chi connectivity index (χ1) is 11.6. The van der Waals surface area contributed by atoms with Gasteiger partial charge >= 0.3 is 184 Å². The summed E-state index contributed by atoms with van der Waals surface area (Å²) in [5.74, 6) is 0. The number of carbonyl (C=O) groups is 1. The van der Waals surface area contributed by atoms with Crippen molar-refractivity contribution < 1.29 is 296 Å². The predicted octanol–water partition coefficient (Wildman–Crippen LogP) is -30.8. The molecule has 0 aromatic rings. The fourth-order valence-corrected chi connectivity index (χ4v) is 1.06. The van der Waals surface area contributed by atoms with Crippen molar-refractivity contribution in [2.75, 3.05) is 0 Å². The molecule has 0 atom stereocenters. The second-order valence-corrected chi connectivity index (χ2v) is 5.44. The van der Waals surface area contributed by atoms with Crippen molar-refractivity contribution in [2.24, 2.45) is 0 Å². The Morgan fingerprint density at radius 3 is 0.762 bits per heavy atom. The molecular formula is CH20B4Li2Na2O28P2Zn3. The van der Waals surface area contributed by atoms with Gasteiger partial charge in [-0.2, -0.15) is 15.6 Å². The summed E-state index contributed by atoms with van der Waals surface area (Å²) in [6.45, 7) is -6.90. The SMILES string of the molecule is O.O.O.O.O.O.O.O.O=C([O-])[O-].O=P([O-])([O-])[O-].O=P([O-])([O-])[O-].OB1O[B-]2(O)OB(O)O[B-](O)(O1)O2.[Li+].[Li+].[Na+].[Na+].[Zn+2].[Zn+2].[Zn+2]. The van der Waals surface area contributed by atoms with Crippen molar-refractivity contribution in [2.45, 2.75) is 0 Å². The van der Waals surface area contributed by atoms with Gasteiger partial charge in [0.25, 0.3) is 0 Å². The summed E-state index contributed by atoms with van der Waals surface area (Å²) in [5.41, 5.74) is 0. The minimum absolute atomic E-state index is 0. The number of carbonyl (C=O) groups excluding carboxylic acids is 1. The molecule has 2 bridgehead atoms. The standard InChI is InChI=1S/CH2O3.B4H4O9.2Li.2Na.2H3O4P.8H2O.3Zn/c2-1(3)4;5-1-9-3(7)11-2(6)12-4(8,10-1)13-3;;;;;2*1-5(2,3)4;;;;;;;;;;;/h(H2,2,3,4);5-8H;;;;;2*(H3,1,2,3,4);8*1H2;;;/q;-2;4*+1;;;;;;;;;;;3*+2/p-8. The van der Waals surface area contributed by atoms with Crippen LogP contribution >= 0.6 is 15.6 Å². The van der Waals surface area contributed by atoms with E-state index in [-0.39, 0.29) is 199 Å². The Labute approximate surface area is 341 Å². The largest absolute Gasteiger partial charge is 2.00 e. The predicted molar refractivity (Wildman–Crippen MR) is 86.8 cm³/mol. The molecule has 2 rings (SSSR count). The number of phosphoric acid groups is 2. The van der Waals surface area contributed by atoms with Gasteiger partial charge in [-0.3, -0.25) is 0 Å². The van der Waals surface area contributed by atoms with Crippen LogP contribution in [0.3, 0.4) is 0 Å². The zero-order valence-electron chi connectivity index (χ0n) is 22.1. The van der Waals surface area contributed by atoms with E-state index in [1.165, 1.54) is 0 Å². The maximum absolute atomic E-state index is 9.18. The van der Waals surface area contributed by atoms with E-state index in [2.05, 4.69) is 22.9 Å². The van der Waals surface area contributed by atoms with E-state index in [4.69, 9.17) is 63.5 Å². The number of hydrogen-bond acceptors (Lipinski definition) is 20. The first kappa shape index (κ1) is 111. The molecular weight excluding hydrogens is 821 g/mol. The molecule has 0 amide bonds. The number of fused-ring (bicyclic) bond motifs is 2. The normalized spacial score (nSPS) is 17.4. The van der Waals surface area contributed by atoms with E-state index >= 15 is 0 Å². The van der Waals surface area contributed by atoms with E-state index in [1.807, 2.05) is 0 Å². The zero-order chi connectivity index (χ0) is 22.3. The van der Waals surface area contributed by atoms with Crippen molar-refractivity contribution in [3.05, 3.63) is 0 Å². The topological polar surface area (TPSA) is 615 Å². The molecule has 42 heavy (non-hydrogen) atoms. The summed E-state index contributed by atoms with van der Waals surface area (Å²) >= 11 is 0. The van der Waals surface area contributed by atoms with Crippen LogP contribution in [0.2, 0.25) is 0 Å². The molecule has 2 aliphatic heterocycles. The van der Waals surface area contributed by atoms with Gasteiger partial charge in [-0.25, -0.2) is 0 Å². The third kappa shape index (κ3) is 90.4. The summed E-state index contributed by atoms with van der Waals surface area (Å²) in [7, 11) is -14.7. The van der Waals surface area contributed by atoms with E-state index in [0.717, 1.165) is 0 Å². The average Bonchev–Trinajstić information content (AvgIpc) is 2.15. The number of rotatable bonds is 0. The molecule has 2 heterocycles. The third-order valence-electron chi connectivity index (χ3n) is 1.50. The fraction of sp³-hybridized carbons (Fsp3) is 0. The Morgan fingerprint density at radius 2 is 0.667 bits per heavy atom. The Kier molecular flexibility index (Phi) is 131. The van der Waals surface area contributed by atoms with Gasteiger partial charge in [0.1, 0.15) is 0 Å². The van der Waals surface area contributed by atoms with Crippen LogP contribution in [-0.4, -0.2) is 98.6 Å². The summed E-state index contributed by atoms with van der Waals surface area (Å²) in [6.07, 6.45) is -2.33.